The van der Waals surface area contributed by atoms with Crippen LogP contribution in [0.5, 0.6) is 0 Å². The lowest BCUT2D eigenvalue weighted by atomic mass is 10.0. The molecule has 0 aromatic heterocycles. The molecule has 0 rings (SSSR count). The zero-order valence-electron chi connectivity index (χ0n) is 50.5. The van der Waals surface area contributed by atoms with Gasteiger partial charge in [-0.15, -0.1) is 0 Å². The minimum absolute atomic E-state index is 0.0811. The molecule has 1 atom stereocenters. The van der Waals surface area contributed by atoms with Gasteiger partial charge in [-0.05, 0) is 109 Å². The first-order valence-corrected chi connectivity index (χ1v) is 32.9. The largest absolute Gasteiger partial charge is 0.462 e. The van der Waals surface area contributed by atoms with Crippen LogP contribution in [-0.2, 0) is 28.6 Å². The molecule has 0 fully saturated rings. The molecule has 0 aliphatic heterocycles. The van der Waals surface area contributed by atoms with E-state index in [-0.39, 0.29) is 31.1 Å². The van der Waals surface area contributed by atoms with Crippen LogP contribution < -0.4 is 0 Å². The summed E-state index contributed by atoms with van der Waals surface area (Å²) in [6.45, 7) is 6.55. The van der Waals surface area contributed by atoms with Crippen LogP contribution in [-0.4, -0.2) is 37.2 Å². The average Bonchev–Trinajstić information content (AvgIpc) is 3.42. The van der Waals surface area contributed by atoms with Crippen molar-refractivity contribution >= 4 is 17.9 Å². The molecule has 0 amide bonds. The third kappa shape index (κ3) is 61.7. The summed E-state index contributed by atoms with van der Waals surface area (Å²) in [7, 11) is 0. The van der Waals surface area contributed by atoms with Crippen molar-refractivity contribution in [1.29, 1.82) is 0 Å². The van der Waals surface area contributed by atoms with Crippen molar-refractivity contribution in [3.05, 3.63) is 72.9 Å². The number of ether oxygens (including phenoxy) is 3. The van der Waals surface area contributed by atoms with Gasteiger partial charge in [-0.3, -0.25) is 14.4 Å². The SMILES string of the molecule is CCC/C=C\CCCCCCCC(=O)OCC(COC(=O)CCCCCCCCCCCCCCCCCCCC/C=C\C/C=C\C/C=C\CCCCCCC)OC(=O)CCCCCCC/C=C\C/C=C\CCCCC. The highest BCUT2D eigenvalue weighted by Gasteiger charge is 2.19. The van der Waals surface area contributed by atoms with E-state index in [1.807, 2.05) is 0 Å². The summed E-state index contributed by atoms with van der Waals surface area (Å²) >= 11 is 0. The summed E-state index contributed by atoms with van der Waals surface area (Å²) in [5.41, 5.74) is 0. The highest BCUT2D eigenvalue weighted by atomic mass is 16.6. The monoisotopic (exact) mass is 1060 g/mol. The topological polar surface area (TPSA) is 78.9 Å². The van der Waals surface area contributed by atoms with Gasteiger partial charge in [-0.25, -0.2) is 0 Å². The van der Waals surface area contributed by atoms with Gasteiger partial charge in [0.15, 0.2) is 6.10 Å². The van der Waals surface area contributed by atoms with Gasteiger partial charge in [-0.1, -0.05) is 280 Å². The lowest BCUT2D eigenvalue weighted by molar-refractivity contribution is -0.167. The Kier molecular flexibility index (Phi) is 61.7. The molecule has 0 aliphatic carbocycles. The predicted molar refractivity (Wildman–Crippen MR) is 330 cm³/mol. The molecule has 0 N–H and O–H groups in total. The second kappa shape index (κ2) is 64.4. The van der Waals surface area contributed by atoms with Crippen molar-refractivity contribution in [1.82, 2.24) is 0 Å². The van der Waals surface area contributed by atoms with Gasteiger partial charge >= 0.3 is 17.9 Å². The van der Waals surface area contributed by atoms with Gasteiger partial charge < -0.3 is 14.2 Å². The van der Waals surface area contributed by atoms with Crippen molar-refractivity contribution in [3.63, 3.8) is 0 Å². The molecule has 0 spiro atoms. The Morgan fingerprint density at radius 3 is 0.829 bits per heavy atom. The minimum atomic E-state index is -0.784. The summed E-state index contributed by atoms with van der Waals surface area (Å²) in [4.78, 5) is 38.2. The summed E-state index contributed by atoms with van der Waals surface area (Å²) in [6.07, 6.45) is 83.7. The molecule has 0 saturated carbocycles. The molecule has 0 aromatic rings. The zero-order valence-corrected chi connectivity index (χ0v) is 50.5. The number of hydrogen-bond donors (Lipinski definition) is 0. The van der Waals surface area contributed by atoms with Crippen molar-refractivity contribution in [2.75, 3.05) is 13.2 Å². The van der Waals surface area contributed by atoms with E-state index in [9.17, 15) is 14.4 Å². The number of hydrogen-bond acceptors (Lipinski definition) is 6. The van der Waals surface area contributed by atoms with E-state index in [1.54, 1.807) is 0 Å². The number of rotatable bonds is 60. The van der Waals surface area contributed by atoms with E-state index in [0.29, 0.717) is 19.3 Å². The van der Waals surface area contributed by atoms with E-state index >= 15 is 0 Å². The second-order valence-electron chi connectivity index (χ2n) is 22.0. The summed E-state index contributed by atoms with van der Waals surface area (Å²) < 4.78 is 16.9. The van der Waals surface area contributed by atoms with Crippen LogP contribution in [0.4, 0.5) is 0 Å². The Morgan fingerprint density at radius 2 is 0.500 bits per heavy atom. The summed E-state index contributed by atoms with van der Waals surface area (Å²) in [5, 5.41) is 0. The molecule has 0 radical (unpaired) electrons. The highest BCUT2D eigenvalue weighted by molar-refractivity contribution is 5.71. The van der Waals surface area contributed by atoms with Crippen LogP contribution in [0.3, 0.4) is 0 Å². The normalized spacial score (nSPS) is 12.5. The fourth-order valence-electron chi connectivity index (χ4n) is 9.43. The van der Waals surface area contributed by atoms with Crippen molar-refractivity contribution in [2.24, 2.45) is 0 Å². The standard InChI is InChI=1S/C70H124O6/c1-4-7-10-13-16-19-22-24-26-27-28-29-30-31-32-33-34-35-36-37-38-39-40-41-42-43-45-46-48-51-54-57-60-63-69(72)75-66-67(65-74-68(71)62-59-56-53-50-21-18-15-12-9-6-3)76-70(73)64-61-58-55-52-49-47-44-25-23-20-17-14-11-8-5-2/h12,15,17,20,22,24-25,27-28,30-31,44,67H,4-11,13-14,16,18-19,21,23,26,29,32-43,45-66H2,1-3H3/b15-12-,20-17-,24-22-,28-27-,31-30-,44-25-. The highest BCUT2D eigenvalue weighted by Crippen LogP contribution is 2.17. The maximum atomic E-state index is 12.8. The second-order valence-corrected chi connectivity index (χ2v) is 22.0. The number of unbranched alkanes of at least 4 members (excludes halogenated alkanes) is 37. The molecule has 6 heteroatoms. The van der Waals surface area contributed by atoms with Crippen molar-refractivity contribution in [2.45, 2.75) is 341 Å². The van der Waals surface area contributed by atoms with Crippen LogP contribution in [0, 0.1) is 0 Å². The fraction of sp³-hybridized carbons (Fsp3) is 0.786. The van der Waals surface area contributed by atoms with Crippen LogP contribution in [0.1, 0.15) is 335 Å². The lowest BCUT2D eigenvalue weighted by Crippen LogP contribution is -2.30. The molecule has 0 heterocycles. The van der Waals surface area contributed by atoms with E-state index in [1.165, 1.54) is 186 Å². The zero-order chi connectivity index (χ0) is 55.0. The Balaban J connectivity index is 4.08. The van der Waals surface area contributed by atoms with Gasteiger partial charge in [0.25, 0.3) is 0 Å². The van der Waals surface area contributed by atoms with Crippen LogP contribution in [0.25, 0.3) is 0 Å². The van der Waals surface area contributed by atoms with E-state index in [2.05, 4.69) is 93.7 Å². The molecular weight excluding hydrogens is 937 g/mol. The van der Waals surface area contributed by atoms with E-state index in [0.717, 1.165) is 109 Å². The first-order valence-electron chi connectivity index (χ1n) is 32.9. The fourth-order valence-corrected chi connectivity index (χ4v) is 9.43. The summed E-state index contributed by atoms with van der Waals surface area (Å²) in [5.74, 6) is -0.894. The molecule has 1 unspecified atom stereocenters. The Bertz CT molecular complexity index is 1400. The van der Waals surface area contributed by atoms with Gasteiger partial charge in [-0.2, -0.15) is 0 Å². The predicted octanol–water partition coefficient (Wildman–Crippen LogP) is 22.5. The third-order valence-corrected chi connectivity index (χ3v) is 14.4. The van der Waals surface area contributed by atoms with Crippen molar-refractivity contribution in [3.8, 4) is 0 Å². The van der Waals surface area contributed by atoms with E-state index in [4.69, 9.17) is 14.2 Å². The number of allylic oxidation sites excluding steroid dienone is 12. The van der Waals surface area contributed by atoms with Crippen LogP contribution in [0.15, 0.2) is 72.9 Å². The average molecular weight is 1060 g/mol. The number of carbonyl (C=O) groups excluding carboxylic acids is 3. The smallest absolute Gasteiger partial charge is 0.306 e. The Labute approximate surface area is 472 Å². The quantitative estimate of drug-likeness (QED) is 0.0261. The first-order chi connectivity index (χ1) is 37.5. The maximum absolute atomic E-state index is 12.8. The van der Waals surface area contributed by atoms with Gasteiger partial charge in [0.05, 0.1) is 0 Å². The maximum Gasteiger partial charge on any atom is 0.306 e. The van der Waals surface area contributed by atoms with Gasteiger partial charge in [0.1, 0.15) is 13.2 Å². The molecule has 440 valence electrons. The van der Waals surface area contributed by atoms with E-state index < -0.39 is 6.10 Å². The molecule has 0 bridgehead atoms. The Hall–Kier alpha value is -3.15. The summed E-state index contributed by atoms with van der Waals surface area (Å²) in [6, 6.07) is 0. The van der Waals surface area contributed by atoms with Gasteiger partial charge in [0.2, 0.25) is 0 Å². The van der Waals surface area contributed by atoms with Crippen molar-refractivity contribution < 1.29 is 28.6 Å². The third-order valence-electron chi connectivity index (χ3n) is 14.4. The molecule has 0 aliphatic rings. The molecule has 0 aromatic carbocycles. The molecule has 76 heavy (non-hydrogen) atoms. The van der Waals surface area contributed by atoms with Crippen LogP contribution >= 0.6 is 0 Å². The molecule has 0 saturated heterocycles. The molecular formula is C70H124O6. The lowest BCUT2D eigenvalue weighted by Gasteiger charge is -2.18. The number of carbonyl (C=O) groups is 3. The Morgan fingerprint density at radius 1 is 0.263 bits per heavy atom. The van der Waals surface area contributed by atoms with Gasteiger partial charge in [0, 0.05) is 19.3 Å². The molecule has 6 nitrogen and oxygen atoms in total. The first kappa shape index (κ1) is 72.8. The van der Waals surface area contributed by atoms with Crippen LogP contribution in [0.2, 0.25) is 0 Å². The number of esters is 3. The minimum Gasteiger partial charge on any atom is -0.462 e.